The molecule has 1 saturated heterocycles. The van der Waals surface area contributed by atoms with E-state index in [-0.39, 0.29) is 11.5 Å². The number of nitrogens with two attached hydrogens (primary N) is 1. The first-order chi connectivity index (χ1) is 9.23. The van der Waals surface area contributed by atoms with Crippen molar-refractivity contribution in [3.8, 4) is 0 Å². The lowest BCUT2D eigenvalue weighted by Crippen LogP contribution is -2.47. The van der Waals surface area contributed by atoms with Gasteiger partial charge in [0.05, 0.1) is 17.1 Å². The molecule has 1 aromatic rings. The van der Waals surface area contributed by atoms with Gasteiger partial charge in [-0.25, -0.2) is 8.42 Å². The lowest BCUT2D eigenvalue weighted by Gasteiger charge is -2.28. The van der Waals surface area contributed by atoms with Gasteiger partial charge in [0.25, 0.3) is 0 Å². The first-order valence-electron chi connectivity index (χ1n) is 5.97. The largest absolute Gasteiger partial charge is 0.416 e. The maximum Gasteiger partial charge on any atom is 0.416 e. The van der Waals surface area contributed by atoms with Crippen molar-refractivity contribution in [2.45, 2.75) is 28.8 Å². The van der Waals surface area contributed by atoms with E-state index >= 15 is 0 Å². The Hall–Kier alpha value is -1.12. The third-order valence-corrected chi connectivity index (χ3v) is 5.44. The number of sulfone groups is 1. The molecular weight excluding hydrogens is 295 g/mol. The highest BCUT2D eigenvalue weighted by molar-refractivity contribution is 7.92. The van der Waals surface area contributed by atoms with Crippen LogP contribution < -0.4 is 5.73 Å². The van der Waals surface area contributed by atoms with Crippen LogP contribution in [-0.2, 0) is 20.8 Å². The molecule has 2 rings (SSSR count). The van der Waals surface area contributed by atoms with Gasteiger partial charge in [-0.2, -0.15) is 13.2 Å². The number of hydrogen-bond acceptors (Lipinski definition) is 4. The lowest BCUT2D eigenvalue weighted by atomic mass is 10.1. The number of hydrogen-bond donors (Lipinski definition) is 1. The van der Waals surface area contributed by atoms with Gasteiger partial charge in [0.15, 0.2) is 9.84 Å². The Morgan fingerprint density at radius 3 is 2.60 bits per heavy atom. The Balaban J connectivity index is 2.39. The van der Waals surface area contributed by atoms with Crippen molar-refractivity contribution >= 4 is 9.84 Å². The van der Waals surface area contributed by atoms with E-state index in [9.17, 15) is 21.6 Å². The Morgan fingerprint density at radius 1 is 1.30 bits per heavy atom. The summed E-state index contributed by atoms with van der Waals surface area (Å²) in [6.45, 7) is 0.259. The third kappa shape index (κ3) is 2.97. The van der Waals surface area contributed by atoms with Crippen molar-refractivity contribution in [1.29, 1.82) is 0 Å². The van der Waals surface area contributed by atoms with Crippen LogP contribution in [0.3, 0.4) is 0 Å². The zero-order valence-corrected chi connectivity index (χ0v) is 11.2. The van der Waals surface area contributed by atoms with Gasteiger partial charge in [-0.05, 0) is 24.6 Å². The van der Waals surface area contributed by atoms with Crippen LogP contribution in [-0.4, -0.2) is 32.9 Å². The molecule has 0 aliphatic carbocycles. The van der Waals surface area contributed by atoms with E-state index < -0.39 is 32.9 Å². The molecule has 1 aliphatic heterocycles. The molecule has 1 fully saturated rings. The standard InChI is InChI=1S/C12H14F3NO3S/c13-12(14,15)8-2-1-3-9(6-8)20(17,18)11-7-19-5-4-10(11)16/h1-3,6,10-11H,4-5,7,16H2. The molecule has 2 atom stereocenters. The molecule has 0 amide bonds. The molecule has 1 aliphatic rings. The molecule has 2 N–H and O–H groups in total. The summed E-state index contributed by atoms with van der Waals surface area (Å²) in [7, 11) is -3.94. The molecule has 112 valence electrons. The van der Waals surface area contributed by atoms with Crippen LogP contribution in [0, 0.1) is 0 Å². The molecule has 0 bridgehead atoms. The van der Waals surface area contributed by atoms with Crippen LogP contribution in [0.1, 0.15) is 12.0 Å². The van der Waals surface area contributed by atoms with Gasteiger partial charge in [-0.3, -0.25) is 0 Å². The third-order valence-electron chi connectivity index (χ3n) is 3.24. The molecular formula is C12H14F3NO3S. The lowest BCUT2D eigenvalue weighted by molar-refractivity contribution is -0.137. The van der Waals surface area contributed by atoms with Gasteiger partial charge in [-0.15, -0.1) is 0 Å². The molecule has 8 heteroatoms. The average molecular weight is 309 g/mol. The predicted octanol–water partition coefficient (Wildman–Crippen LogP) is 1.60. The molecule has 4 nitrogen and oxygen atoms in total. The highest BCUT2D eigenvalue weighted by Gasteiger charge is 2.37. The first kappa shape index (κ1) is 15.3. The van der Waals surface area contributed by atoms with E-state index in [1.54, 1.807) is 0 Å². The number of alkyl halides is 3. The minimum Gasteiger partial charge on any atom is -0.380 e. The molecule has 1 aromatic carbocycles. The van der Waals surface area contributed by atoms with E-state index in [4.69, 9.17) is 10.5 Å². The van der Waals surface area contributed by atoms with Gasteiger partial charge in [0.1, 0.15) is 5.25 Å². The second-order valence-electron chi connectivity index (χ2n) is 4.64. The highest BCUT2D eigenvalue weighted by Crippen LogP contribution is 2.32. The quantitative estimate of drug-likeness (QED) is 0.901. The van der Waals surface area contributed by atoms with E-state index in [0.29, 0.717) is 19.1 Å². The van der Waals surface area contributed by atoms with Gasteiger partial charge in [0, 0.05) is 12.6 Å². The fraction of sp³-hybridized carbons (Fsp3) is 0.500. The summed E-state index contributed by atoms with van der Waals surface area (Å²) in [5, 5.41) is -1.01. The normalized spacial score (nSPS) is 24.6. The van der Waals surface area contributed by atoms with Crippen LogP contribution >= 0.6 is 0 Å². The molecule has 0 radical (unpaired) electrons. The van der Waals surface area contributed by atoms with Crippen molar-refractivity contribution in [2.24, 2.45) is 5.73 Å². The van der Waals surface area contributed by atoms with Gasteiger partial charge in [0.2, 0.25) is 0 Å². The SMILES string of the molecule is NC1CCOCC1S(=O)(=O)c1cccc(C(F)(F)F)c1. The Bertz CT molecular complexity index is 586. The molecule has 1 heterocycles. The summed E-state index contributed by atoms with van der Waals surface area (Å²) >= 11 is 0. The zero-order valence-electron chi connectivity index (χ0n) is 10.4. The Labute approximate surface area is 114 Å². The van der Waals surface area contributed by atoms with Crippen molar-refractivity contribution in [3.63, 3.8) is 0 Å². The summed E-state index contributed by atoms with van der Waals surface area (Å²) in [5.41, 5.74) is 4.75. The van der Waals surface area contributed by atoms with Crippen molar-refractivity contribution in [3.05, 3.63) is 29.8 Å². The second kappa shape index (κ2) is 5.34. The molecule has 0 spiro atoms. The van der Waals surface area contributed by atoms with E-state index in [1.807, 2.05) is 0 Å². The number of rotatable bonds is 2. The molecule has 20 heavy (non-hydrogen) atoms. The highest BCUT2D eigenvalue weighted by atomic mass is 32.2. The smallest absolute Gasteiger partial charge is 0.380 e. The minimum absolute atomic E-state index is 0.0975. The van der Waals surface area contributed by atoms with E-state index in [2.05, 4.69) is 0 Å². The Morgan fingerprint density at radius 2 is 2.00 bits per heavy atom. The summed E-state index contributed by atoms with van der Waals surface area (Å²) in [4.78, 5) is -0.377. The van der Waals surface area contributed by atoms with Crippen LogP contribution in [0.5, 0.6) is 0 Å². The first-order valence-corrected chi connectivity index (χ1v) is 7.52. The van der Waals surface area contributed by atoms with Crippen LogP contribution in [0.25, 0.3) is 0 Å². The summed E-state index contributed by atoms with van der Waals surface area (Å²) in [5.74, 6) is 0. The fourth-order valence-electron chi connectivity index (χ4n) is 2.07. The number of ether oxygens (including phenoxy) is 1. The van der Waals surface area contributed by atoms with Crippen LogP contribution in [0.2, 0.25) is 0 Å². The van der Waals surface area contributed by atoms with Gasteiger partial charge >= 0.3 is 6.18 Å². The maximum atomic E-state index is 12.6. The van der Waals surface area contributed by atoms with E-state index in [0.717, 1.165) is 18.2 Å². The van der Waals surface area contributed by atoms with Crippen molar-refractivity contribution < 1.29 is 26.3 Å². The van der Waals surface area contributed by atoms with E-state index in [1.165, 1.54) is 0 Å². The number of benzene rings is 1. The molecule has 0 saturated carbocycles. The second-order valence-corrected chi connectivity index (χ2v) is 6.80. The Kier molecular flexibility index (Phi) is 4.08. The van der Waals surface area contributed by atoms with Crippen molar-refractivity contribution in [1.82, 2.24) is 0 Å². The fourth-order valence-corrected chi connectivity index (χ4v) is 3.85. The average Bonchev–Trinajstić information content (AvgIpc) is 2.38. The number of halogens is 3. The topological polar surface area (TPSA) is 69.4 Å². The zero-order chi connectivity index (χ0) is 15.0. The monoisotopic (exact) mass is 309 g/mol. The van der Waals surface area contributed by atoms with Crippen LogP contribution in [0.4, 0.5) is 13.2 Å². The van der Waals surface area contributed by atoms with Crippen molar-refractivity contribution in [2.75, 3.05) is 13.2 Å². The molecule has 0 aromatic heterocycles. The van der Waals surface area contributed by atoms with Crippen LogP contribution in [0.15, 0.2) is 29.2 Å². The maximum absolute atomic E-state index is 12.6. The minimum atomic E-state index is -4.59. The summed E-state index contributed by atoms with van der Waals surface area (Å²) in [6.07, 6.45) is -4.22. The summed E-state index contributed by atoms with van der Waals surface area (Å²) < 4.78 is 67.7. The van der Waals surface area contributed by atoms with Gasteiger partial charge < -0.3 is 10.5 Å². The summed E-state index contributed by atoms with van der Waals surface area (Å²) in [6, 6.07) is 3.05. The predicted molar refractivity (Wildman–Crippen MR) is 65.8 cm³/mol. The molecule has 2 unspecified atom stereocenters. The van der Waals surface area contributed by atoms with Gasteiger partial charge in [-0.1, -0.05) is 6.07 Å².